The van der Waals surface area contributed by atoms with E-state index < -0.39 is 0 Å². The highest BCUT2D eigenvalue weighted by Gasteiger charge is 2.22. The predicted octanol–water partition coefficient (Wildman–Crippen LogP) is 2.25. The first-order chi connectivity index (χ1) is 8.16. The number of aromatic nitrogens is 4. The van der Waals surface area contributed by atoms with Gasteiger partial charge in [-0.1, -0.05) is 31.5 Å². The average molecular weight is 254 g/mol. The van der Waals surface area contributed by atoms with Crippen LogP contribution in [-0.2, 0) is 4.79 Å². The third kappa shape index (κ3) is 3.28. The van der Waals surface area contributed by atoms with Crippen LogP contribution in [0.5, 0.6) is 0 Å². The molecule has 0 spiro atoms. The molecule has 0 aromatic carbocycles. The number of tetrazole rings is 1. The van der Waals surface area contributed by atoms with E-state index in [2.05, 4.69) is 15.5 Å². The maximum atomic E-state index is 11.1. The zero-order chi connectivity index (χ0) is 12.3. The Kier molecular flexibility index (Phi) is 4.15. The maximum Gasteiger partial charge on any atom is 0.209 e. The van der Waals surface area contributed by atoms with E-state index in [-0.39, 0.29) is 11.0 Å². The molecule has 1 aromatic heterocycles. The van der Waals surface area contributed by atoms with E-state index in [0.29, 0.717) is 12.5 Å². The largest absolute Gasteiger partial charge is 0.300 e. The molecule has 2 rings (SSSR count). The fourth-order valence-electron chi connectivity index (χ4n) is 2.27. The highest BCUT2D eigenvalue weighted by Crippen LogP contribution is 2.32. The molecule has 5 nitrogen and oxygen atoms in total. The Hall–Kier alpha value is -0.910. The molecule has 0 N–H and O–H groups in total. The molecule has 94 valence electrons. The van der Waals surface area contributed by atoms with Crippen LogP contribution in [0, 0.1) is 0 Å². The van der Waals surface area contributed by atoms with Gasteiger partial charge in [0.05, 0.1) is 6.04 Å². The van der Waals surface area contributed by atoms with E-state index in [1.54, 1.807) is 18.7 Å². The summed E-state index contributed by atoms with van der Waals surface area (Å²) in [6.45, 7) is 3.66. The predicted molar refractivity (Wildman–Crippen MR) is 65.9 cm³/mol. The first-order valence-corrected chi connectivity index (χ1v) is 6.98. The van der Waals surface area contributed by atoms with Crippen molar-refractivity contribution >= 4 is 17.5 Å². The Labute approximate surface area is 105 Å². The van der Waals surface area contributed by atoms with Gasteiger partial charge in [0.1, 0.15) is 5.78 Å². The van der Waals surface area contributed by atoms with Gasteiger partial charge in [0, 0.05) is 11.7 Å². The summed E-state index contributed by atoms with van der Waals surface area (Å²) >= 11 is 1.60. The number of thioether (sulfide) groups is 1. The van der Waals surface area contributed by atoms with Crippen LogP contribution in [0.4, 0.5) is 0 Å². The number of hydrogen-bond acceptors (Lipinski definition) is 5. The lowest BCUT2D eigenvalue weighted by atomic mass is 10.2. The second-order valence-corrected chi connectivity index (χ2v) is 6.08. The van der Waals surface area contributed by atoms with Crippen LogP contribution in [0.1, 0.15) is 52.0 Å². The van der Waals surface area contributed by atoms with Gasteiger partial charge in [0.15, 0.2) is 0 Å². The fraction of sp³-hybridized carbons (Fsp3) is 0.818. The van der Waals surface area contributed by atoms with E-state index in [0.717, 1.165) is 5.16 Å². The Bertz CT molecular complexity index is 387. The van der Waals surface area contributed by atoms with Crippen LogP contribution in [0.25, 0.3) is 0 Å². The van der Waals surface area contributed by atoms with Gasteiger partial charge in [0.25, 0.3) is 0 Å². The van der Waals surface area contributed by atoms with Crippen LogP contribution >= 0.6 is 11.8 Å². The van der Waals surface area contributed by atoms with Crippen LogP contribution in [0.3, 0.4) is 0 Å². The lowest BCUT2D eigenvalue weighted by Gasteiger charge is -2.13. The standard InChI is InChI=1S/C11H18N4OS/c1-8(16)7-9(2)17-11-12-13-14-15(11)10-5-3-4-6-10/h9-10H,3-7H2,1-2H3. The fourth-order valence-corrected chi connectivity index (χ4v) is 3.32. The summed E-state index contributed by atoms with van der Waals surface area (Å²) < 4.78 is 1.94. The number of ketones is 1. The van der Waals surface area contributed by atoms with Crippen molar-refractivity contribution in [2.45, 2.75) is 62.4 Å². The molecule has 1 heterocycles. The Morgan fingerprint density at radius 3 is 2.88 bits per heavy atom. The zero-order valence-electron chi connectivity index (χ0n) is 10.3. The van der Waals surface area contributed by atoms with Crippen molar-refractivity contribution < 1.29 is 4.79 Å². The van der Waals surface area contributed by atoms with Gasteiger partial charge < -0.3 is 0 Å². The van der Waals surface area contributed by atoms with Crippen molar-refractivity contribution in [2.75, 3.05) is 0 Å². The number of carbonyl (C=O) groups is 1. The van der Waals surface area contributed by atoms with Crippen molar-refractivity contribution in [1.29, 1.82) is 0 Å². The molecular formula is C11H18N4OS. The lowest BCUT2D eigenvalue weighted by molar-refractivity contribution is -0.116. The van der Waals surface area contributed by atoms with Gasteiger partial charge >= 0.3 is 0 Å². The quantitative estimate of drug-likeness (QED) is 0.754. The van der Waals surface area contributed by atoms with Gasteiger partial charge in [-0.3, -0.25) is 4.79 Å². The molecular weight excluding hydrogens is 236 g/mol. The normalized spacial score (nSPS) is 18.5. The van der Waals surface area contributed by atoms with Gasteiger partial charge in [0.2, 0.25) is 5.16 Å². The van der Waals surface area contributed by atoms with Crippen LogP contribution in [0.2, 0.25) is 0 Å². The van der Waals surface area contributed by atoms with Crippen LogP contribution < -0.4 is 0 Å². The van der Waals surface area contributed by atoms with Crippen molar-refractivity contribution in [3.63, 3.8) is 0 Å². The van der Waals surface area contributed by atoms with E-state index in [1.165, 1.54) is 25.7 Å². The Balaban J connectivity index is 2.00. The second-order valence-electron chi connectivity index (χ2n) is 4.68. The smallest absolute Gasteiger partial charge is 0.209 e. The minimum absolute atomic E-state index is 0.213. The monoisotopic (exact) mass is 254 g/mol. The molecule has 6 heteroatoms. The molecule has 1 unspecified atom stereocenters. The summed E-state index contributed by atoms with van der Waals surface area (Å²) in [4.78, 5) is 11.1. The number of carbonyl (C=O) groups excluding carboxylic acids is 1. The second kappa shape index (κ2) is 5.62. The number of rotatable bonds is 5. The maximum absolute atomic E-state index is 11.1. The van der Waals surface area contributed by atoms with Gasteiger partial charge in [-0.2, -0.15) is 0 Å². The third-order valence-electron chi connectivity index (χ3n) is 3.01. The highest BCUT2D eigenvalue weighted by atomic mass is 32.2. The van der Waals surface area contributed by atoms with Crippen LogP contribution in [0.15, 0.2) is 5.16 Å². The summed E-state index contributed by atoms with van der Waals surface area (Å²) in [5, 5.41) is 13.0. The Morgan fingerprint density at radius 1 is 1.53 bits per heavy atom. The molecule has 0 bridgehead atoms. The number of Topliss-reactive ketones (excluding diaryl/α,β-unsaturated/α-hetero) is 1. The molecule has 1 aromatic rings. The van der Waals surface area contributed by atoms with Gasteiger partial charge in [-0.25, -0.2) is 4.68 Å². The first kappa shape index (κ1) is 12.5. The molecule has 1 aliphatic rings. The zero-order valence-corrected chi connectivity index (χ0v) is 11.1. The minimum atomic E-state index is 0.213. The summed E-state index contributed by atoms with van der Waals surface area (Å²) in [5.41, 5.74) is 0. The number of hydrogen-bond donors (Lipinski definition) is 0. The molecule has 0 saturated heterocycles. The summed E-state index contributed by atoms with van der Waals surface area (Å²) in [6.07, 6.45) is 5.43. The van der Waals surface area contributed by atoms with Crippen molar-refractivity contribution in [3.05, 3.63) is 0 Å². The van der Waals surface area contributed by atoms with E-state index in [1.807, 2.05) is 11.6 Å². The first-order valence-electron chi connectivity index (χ1n) is 6.11. The molecule has 1 saturated carbocycles. The molecule has 0 radical (unpaired) electrons. The summed E-state index contributed by atoms with van der Waals surface area (Å²) in [6, 6.07) is 0.456. The summed E-state index contributed by atoms with van der Waals surface area (Å²) in [7, 11) is 0. The molecule has 1 atom stereocenters. The van der Waals surface area contributed by atoms with Gasteiger partial charge in [-0.05, 0) is 30.2 Å². The third-order valence-corrected chi connectivity index (χ3v) is 4.06. The molecule has 0 aliphatic heterocycles. The number of nitrogens with zero attached hydrogens (tertiary/aromatic N) is 4. The van der Waals surface area contributed by atoms with Crippen molar-refractivity contribution in [3.8, 4) is 0 Å². The minimum Gasteiger partial charge on any atom is -0.300 e. The van der Waals surface area contributed by atoms with E-state index in [9.17, 15) is 4.79 Å². The van der Waals surface area contributed by atoms with Gasteiger partial charge in [-0.15, -0.1) is 5.10 Å². The topological polar surface area (TPSA) is 60.7 Å². The summed E-state index contributed by atoms with van der Waals surface area (Å²) in [5.74, 6) is 0.213. The lowest BCUT2D eigenvalue weighted by Crippen LogP contribution is -2.11. The average Bonchev–Trinajstić information content (AvgIpc) is 2.84. The van der Waals surface area contributed by atoms with Crippen molar-refractivity contribution in [2.24, 2.45) is 0 Å². The van der Waals surface area contributed by atoms with Crippen molar-refractivity contribution in [1.82, 2.24) is 20.2 Å². The van der Waals surface area contributed by atoms with Crippen LogP contribution in [-0.4, -0.2) is 31.2 Å². The molecule has 1 fully saturated rings. The Morgan fingerprint density at radius 2 is 2.24 bits per heavy atom. The molecule has 1 aliphatic carbocycles. The molecule has 0 amide bonds. The van der Waals surface area contributed by atoms with E-state index in [4.69, 9.17) is 0 Å². The SMILES string of the molecule is CC(=O)CC(C)Sc1nnnn1C1CCCC1. The highest BCUT2D eigenvalue weighted by molar-refractivity contribution is 7.99. The molecule has 17 heavy (non-hydrogen) atoms. The van der Waals surface area contributed by atoms with E-state index >= 15 is 0 Å².